The van der Waals surface area contributed by atoms with Crippen molar-refractivity contribution in [2.24, 2.45) is 5.92 Å². The van der Waals surface area contributed by atoms with E-state index < -0.39 is 0 Å². The minimum absolute atomic E-state index is 0.145. The molecule has 0 spiro atoms. The zero-order valence-corrected chi connectivity index (χ0v) is 13.6. The summed E-state index contributed by atoms with van der Waals surface area (Å²) >= 11 is 15.6. The van der Waals surface area contributed by atoms with Gasteiger partial charge in [-0.25, -0.2) is 0 Å². The van der Waals surface area contributed by atoms with E-state index in [2.05, 4.69) is 21.2 Å². The van der Waals surface area contributed by atoms with Crippen molar-refractivity contribution in [2.75, 3.05) is 6.54 Å². The van der Waals surface area contributed by atoms with Crippen LogP contribution in [0.3, 0.4) is 0 Å². The fourth-order valence-corrected chi connectivity index (χ4v) is 3.25. The van der Waals surface area contributed by atoms with E-state index in [4.69, 9.17) is 23.2 Å². The summed E-state index contributed by atoms with van der Waals surface area (Å²) in [7, 11) is 0. The Balaban J connectivity index is 1.89. The molecule has 0 unspecified atom stereocenters. The predicted octanol–water partition coefficient (Wildman–Crippen LogP) is 4.68. The van der Waals surface area contributed by atoms with Crippen LogP contribution in [0.4, 0.5) is 0 Å². The average Bonchev–Trinajstić information content (AvgIpc) is 2.41. The molecule has 1 saturated carbocycles. The van der Waals surface area contributed by atoms with Crippen molar-refractivity contribution in [3.8, 4) is 0 Å². The molecule has 1 aliphatic rings. The van der Waals surface area contributed by atoms with Crippen LogP contribution in [0.5, 0.6) is 0 Å². The van der Waals surface area contributed by atoms with E-state index in [0.717, 1.165) is 12.8 Å². The molecule has 19 heavy (non-hydrogen) atoms. The molecule has 1 aliphatic carbocycles. The summed E-state index contributed by atoms with van der Waals surface area (Å²) in [5, 5.41) is 3.69. The molecule has 1 amide bonds. The van der Waals surface area contributed by atoms with Crippen LogP contribution in [-0.4, -0.2) is 17.3 Å². The maximum atomic E-state index is 12.1. The second-order valence-electron chi connectivity index (χ2n) is 4.93. The average molecular weight is 365 g/mol. The zero-order valence-electron chi connectivity index (χ0n) is 10.5. The van der Waals surface area contributed by atoms with Gasteiger partial charge in [0.25, 0.3) is 5.91 Å². The summed E-state index contributed by atoms with van der Waals surface area (Å²) in [6.45, 7) is 0.710. The first-order chi connectivity index (χ1) is 9.08. The fourth-order valence-electron chi connectivity index (χ4n) is 2.34. The highest BCUT2D eigenvalue weighted by Gasteiger charge is 2.20. The topological polar surface area (TPSA) is 29.1 Å². The second kappa shape index (κ2) is 6.96. The number of hydrogen-bond acceptors (Lipinski definition) is 1. The second-order valence-corrected chi connectivity index (χ2v) is 7.01. The van der Waals surface area contributed by atoms with Crippen molar-refractivity contribution in [3.05, 3.63) is 33.8 Å². The van der Waals surface area contributed by atoms with E-state index in [1.54, 1.807) is 18.2 Å². The molecule has 0 aliphatic heterocycles. The van der Waals surface area contributed by atoms with Gasteiger partial charge in [0.1, 0.15) is 0 Å². The third kappa shape index (κ3) is 4.11. The summed E-state index contributed by atoms with van der Waals surface area (Å²) in [5.74, 6) is 0.421. The van der Waals surface area contributed by atoms with Crippen molar-refractivity contribution >= 4 is 45.0 Å². The van der Waals surface area contributed by atoms with Crippen molar-refractivity contribution in [1.29, 1.82) is 0 Å². The first-order valence-corrected chi connectivity index (χ1v) is 8.11. The van der Waals surface area contributed by atoms with Crippen LogP contribution in [0.1, 0.15) is 36.0 Å². The number of amides is 1. The zero-order chi connectivity index (χ0) is 13.8. The molecule has 1 aromatic rings. The maximum Gasteiger partial charge on any atom is 0.252 e. The minimum Gasteiger partial charge on any atom is -0.352 e. The van der Waals surface area contributed by atoms with Crippen LogP contribution >= 0.6 is 39.1 Å². The predicted molar refractivity (Wildman–Crippen MR) is 83.5 cm³/mol. The summed E-state index contributed by atoms with van der Waals surface area (Å²) in [5.41, 5.74) is 0.448. The van der Waals surface area contributed by atoms with Crippen LogP contribution in [-0.2, 0) is 0 Å². The Kier molecular flexibility index (Phi) is 5.55. The third-order valence-corrected chi connectivity index (χ3v) is 5.26. The number of carbonyl (C=O) groups excluding carboxylic acids is 1. The SMILES string of the molecule is O=C(NCC1CCC(Br)CC1)c1cccc(Cl)c1Cl. The lowest BCUT2D eigenvalue weighted by Crippen LogP contribution is -2.31. The van der Waals surface area contributed by atoms with Gasteiger partial charge in [0.2, 0.25) is 0 Å². The summed E-state index contributed by atoms with van der Waals surface area (Å²) < 4.78 is 0. The van der Waals surface area contributed by atoms with Gasteiger partial charge in [-0.1, -0.05) is 45.2 Å². The molecule has 1 fully saturated rings. The van der Waals surface area contributed by atoms with Gasteiger partial charge >= 0.3 is 0 Å². The third-order valence-electron chi connectivity index (χ3n) is 3.52. The number of alkyl halides is 1. The van der Waals surface area contributed by atoms with Crippen LogP contribution in [0.25, 0.3) is 0 Å². The van der Waals surface area contributed by atoms with Gasteiger partial charge in [0, 0.05) is 11.4 Å². The number of carbonyl (C=O) groups is 1. The molecular formula is C14H16BrCl2NO. The van der Waals surface area contributed by atoms with Gasteiger partial charge in [-0.3, -0.25) is 4.79 Å². The Hall–Kier alpha value is -0.250. The van der Waals surface area contributed by atoms with Crippen LogP contribution in [0, 0.1) is 5.92 Å². The number of hydrogen-bond donors (Lipinski definition) is 1. The van der Waals surface area contributed by atoms with E-state index in [-0.39, 0.29) is 5.91 Å². The fraction of sp³-hybridized carbons (Fsp3) is 0.500. The van der Waals surface area contributed by atoms with Gasteiger partial charge in [-0.15, -0.1) is 0 Å². The van der Waals surface area contributed by atoms with Gasteiger partial charge in [0.15, 0.2) is 0 Å². The molecule has 0 bridgehead atoms. The molecule has 0 atom stereocenters. The van der Waals surface area contributed by atoms with E-state index in [9.17, 15) is 4.79 Å². The van der Waals surface area contributed by atoms with Crippen molar-refractivity contribution in [2.45, 2.75) is 30.5 Å². The highest BCUT2D eigenvalue weighted by atomic mass is 79.9. The molecule has 0 heterocycles. The molecule has 0 aromatic heterocycles. The summed E-state index contributed by atoms with van der Waals surface area (Å²) in [4.78, 5) is 12.7. The minimum atomic E-state index is -0.145. The molecule has 0 radical (unpaired) electrons. The lowest BCUT2D eigenvalue weighted by atomic mass is 9.89. The Morgan fingerprint density at radius 3 is 2.63 bits per heavy atom. The van der Waals surface area contributed by atoms with Gasteiger partial charge in [-0.05, 0) is 43.7 Å². The largest absolute Gasteiger partial charge is 0.352 e. The van der Waals surface area contributed by atoms with Gasteiger partial charge in [0.05, 0.1) is 15.6 Å². The highest BCUT2D eigenvalue weighted by molar-refractivity contribution is 9.09. The number of halogens is 3. The number of rotatable bonds is 3. The Bertz CT molecular complexity index is 459. The maximum absolute atomic E-state index is 12.1. The highest BCUT2D eigenvalue weighted by Crippen LogP contribution is 2.29. The summed E-state index contributed by atoms with van der Waals surface area (Å²) in [6, 6.07) is 5.11. The first-order valence-electron chi connectivity index (χ1n) is 6.44. The standard InChI is InChI=1S/C14H16BrCl2NO/c15-10-6-4-9(5-7-10)8-18-14(19)11-2-1-3-12(16)13(11)17/h1-3,9-10H,4-8H2,(H,18,19). The van der Waals surface area contributed by atoms with Crippen LogP contribution in [0.2, 0.25) is 10.0 Å². The molecular weight excluding hydrogens is 349 g/mol. The van der Waals surface area contributed by atoms with E-state index in [1.165, 1.54) is 12.8 Å². The normalized spacial score (nSPS) is 23.1. The molecule has 104 valence electrons. The molecule has 5 heteroatoms. The van der Waals surface area contributed by atoms with Gasteiger partial charge < -0.3 is 5.32 Å². The Labute approximate surface area is 132 Å². The lowest BCUT2D eigenvalue weighted by Gasteiger charge is -2.25. The van der Waals surface area contributed by atoms with Crippen molar-refractivity contribution in [1.82, 2.24) is 5.32 Å². The lowest BCUT2D eigenvalue weighted by molar-refractivity contribution is 0.0944. The summed E-state index contributed by atoms with van der Waals surface area (Å²) in [6.07, 6.45) is 4.66. The van der Waals surface area contributed by atoms with E-state index in [0.29, 0.717) is 32.9 Å². The van der Waals surface area contributed by atoms with E-state index in [1.807, 2.05) is 0 Å². The van der Waals surface area contributed by atoms with Crippen molar-refractivity contribution in [3.63, 3.8) is 0 Å². The molecule has 1 N–H and O–H groups in total. The molecule has 2 rings (SSSR count). The smallest absolute Gasteiger partial charge is 0.252 e. The molecule has 0 saturated heterocycles. The van der Waals surface area contributed by atoms with Crippen LogP contribution in [0.15, 0.2) is 18.2 Å². The molecule has 1 aromatic carbocycles. The quantitative estimate of drug-likeness (QED) is 0.775. The Morgan fingerprint density at radius 2 is 1.95 bits per heavy atom. The van der Waals surface area contributed by atoms with E-state index >= 15 is 0 Å². The first kappa shape index (κ1) is 15.1. The van der Waals surface area contributed by atoms with Crippen molar-refractivity contribution < 1.29 is 4.79 Å². The molecule has 2 nitrogen and oxygen atoms in total. The van der Waals surface area contributed by atoms with Crippen LogP contribution < -0.4 is 5.32 Å². The Morgan fingerprint density at radius 1 is 1.26 bits per heavy atom. The van der Waals surface area contributed by atoms with Gasteiger partial charge in [-0.2, -0.15) is 0 Å². The monoisotopic (exact) mass is 363 g/mol. The number of nitrogens with one attached hydrogen (secondary N) is 1. The number of benzene rings is 1.